The van der Waals surface area contributed by atoms with Crippen LogP contribution in [0.3, 0.4) is 0 Å². The third kappa shape index (κ3) is 0.951. The molecule has 2 atom stereocenters. The maximum Gasteiger partial charge on any atom is 0.0890 e. The third-order valence-corrected chi connectivity index (χ3v) is 5.91. The summed E-state index contributed by atoms with van der Waals surface area (Å²) in [4.78, 5) is 4.16. The monoisotopic (exact) mass is 227 g/mol. The van der Waals surface area contributed by atoms with Crippen LogP contribution in [0, 0.1) is 16.7 Å². The molecule has 0 spiro atoms. The molecule has 78 valence electrons. The number of nitrogens with zero attached hydrogens (tertiary/aromatic N) is 1. The van der Waals surface area contributed by atoms with Crippen LogP contribution in [0.5, 0.6) is 0 Å². The first kappa shape index (κ1) is 10.5. The van der Waals surface area contributed by atoms with E-state index in [4.69, 9.17) is 24.4 Å². The Bertz CT molecular complexity index is 321. The Balaban J connectivity index is 2.55. The highest BCUT2D eigenvalue weighted by Gasteiger charge is 2.59. The molecule has 1 heterocycles. The van der Waals surface area contributed by atoms with Crippen LogP contribution in [-0.4, -0.2) is 21.9 Å². The van der Waals surface area contributed by atoms with Crippen LogP contribution >= 0.6 is 24.4 Å². The van der Waals surface area contributed by atoms with Crippen LogP contribution in [0.4, 0.5) is 0 Å². The number of hydrogen-bond acceptors (Lipinski definition) is 2. The number of rotatable bonds is 0. The van der Waals surface area contributed by atoms with Crippen LogP contribution < -0.4 is 0 Å². The van der Waals surface area contributed by atoms with E-state index >= 15 is 0 Å². The number of thiocarbonyl (C=S) groups is 2. The lowest BCUT2D eigenvalue weighted by atomic mass is 9.63. The summed E-state index contributed by atoms with van der Waals surface area (Å²) < 4.78 is 0. The van der Waals surface area contributed by atoms with Gasteiger partial charge < -0.3 is 4.90 Å². The highest BCUT2D eigenvalue weighted by molar-refractivity contribution is 7.82. The van der Waals surface area contributed by atoms with E-state index in [2.05, 4.69) is 25.7 Å². The molecule has 2 unspecified atom stereocenters. The second-order valence-corrected chi connectivity index (χ2v) is 6.15. The van der Waals surface area contributed by atoms with Gasteiger partial charge in [0, 0.05) is 18.4 Å². The van der Waals surface area contributed by atoms with Crippen LogP contribution in [0.15, 0.2) is 0 Å². The van der Waals surface area contributed by atoms with Crippen molar-refractivity contribution in [2.75, 3.05) is 7.05 Å². The van der Waals surface area contributed by atoms with E-state index in [1.54, 1.807) is 0 Å². The van der Waals surface area contributed by atoms with E-state index in [-0.39, 0.29) is 10.8 Å². The second-order valence-electron chi connectivity index (χ2n) is 5.35. The van der Waals surface area contributed by atoms with Crippen molar-refractivity contribution < 1.29 is 0 Å². The summed E-state index contributed by atoms with van der Waals surface area (Å²) in [5.41, 5.74) is 0.414. The predicted molar refractivity (Wildman–Crippen MR) is 67.6 cm³/mol. The maximum atomic E-state index is 5.55. The second kappa shape index (κ2) is 2.76. The highest BCUT2D eigenvalue weighted by atomic mass is 32.1. The Kier molecular flexibility index (Phi) is 2.07. The molecule has 2 fully saturated rings. The van der Waals surface area contributed by atoms with Crippen molar-refractivity contribution in [3.8, 4) is 0 Å². The summed E-state index contributed by atoms with van der Waals surface area (Å²) in [7, 11) is 2.02. The maximum absolute atomic E-state index is 5.55. The Labute approximate surface area is 96.9 Å². The van der Waals surface area contributed by atoms with Gasteiger partial charge in [-0.25, -0.2) is 0 Å². The quantitative estimate of drug-likeness (QED) is 0.586. The Hall–Kier alpha value is -0.0200. The van der Waals surface area contributed by atoms with Crippen LogP contribution in [0.25, 0.3) is 0 Å². The summed E-state index contributed by atoms with van der Waals surface area (Å²) >= 11 is 11.0. The molecule has 2 rings (SSSR count). The lowest BCUT2D eigenvalue weighted by Crippen LogP contribution is -2.56. The fraction of sp³-hybridized carbons (Fsp3) is 0.818. The minimum atomic E-state index is 0.171. The van der Waals surface area contributed by atoms with Crippen molar-refractivity contribution in [1.82, 2.24) is 4.90 Å². The summed E-state index contributed by atoms with van der Waals surface area (Å²) in [6.45, 7) is 6.93. The zero-order chi connectivity index (χ0) is 10.7. The number of likely N-dealkylation sites (tertiary alicyclic amines) is 1. The molecule has 14 heavy (non-hydrogen) atoms. The topological polar surface area (TPSA) is 3.24 Å². The van der Waals surface area contributed by atoms with Gasteiger partial charge in [-0.15, -0.1) is 0 Å². The van der Waals surface area contributed by atoms with Gasteiger partial charge in [0.2, 0.25) is 0 Å². The lowest BCUT2D eigenvalue weighted by Gasteiger charge is -2.50. The molecule has 2 bridgehead atoms. The number of piperidine rings is 1. The first-order valence-electron chi connectivity index (χ1n) is 5.14. The molecule has 3 heteroatoms. The van der Waals surface area contributed by atoms with E-state index in [9.17, 15) is 0 Å². The van der Waals surface area contributed by atoms with Gasteiger partial charge in [-0.2, -0.15) is 0 Å². The normalized spacial score (nSPS) is 40.6. The van der Waals surface area contributed by atoms with Crippen LogP contribution in [0.1, 0.15) is 33.6 Å². The van der Waals surface area contributed by atoms with E-state index in [1.165, 1.54) is 12.8 Å². The smallest absolute Gasteiger partial charge is 0.0890 e. The van der Waals surface area contributed by atoms with Gasteiger partial charge in [-0.3, -0.25) is 0 Å². The van der Waals surface area contributed by atoms with Gasteiger partial charge >= 0.3 is 0 Å². The highest BCUT2D eigenvalue weighted by Crippen LogP contribution is 2.60. The first-order valence-corrected chi connectivity index (χ1v) is 5.96. The fourth-order valence-electron chi connectivity index (χ4n) is 3.02. The van der Waals surface area contributed by atoms with Crippen molar-refractivity contribution >= 4 is 34.4 Å². The minimum absolute atomic E-state index is 0.171. The van der Waals surface area contributed by atoms with E-state index in [1.807, 2.05) is 7.05 Å². The zero-order valence-corrected chi connectivity index (χ0v) is 10.9. The van der Waals surface area contributed by atoms with Gasteiger partial charge in [-0.05, 0) is 18.3 Å². The van der Waals surface area contributed by atoms with Gasteiger partial charge in [0.1, 0.15) is 0 Å². The van der Waals surface area contributed by atoms with Crippen molar-refractivity contribution in [1.29, 1.82) is 0 Å². The average molecular weight is 227 g/mol. The third-order valence-electron chi connectivity index (χ3n) is 4.63. The molecule has 0 aromatic heterocycles. The van der Waals surface area contributed by atoms with Gasteiger partial charge in [0.05, 0.1) is 9.98 Å². The van der Waals surface area contributed by atoms with Gasteiger partial charge in [0.15, 0.2) is 0 Å². The molecule has 0 radical (unpaired) electrons. The SMILES string of the molecule is CN1C(=S)C2CCC(C)(C1=S)C2(C)C. The van der Waals surface area contributed by atoms with E-state index in [0.717, 1.165) is 9.98 Å². The van der Waals surface area contributed by atoms with E-state index < -0.39 is 0 Å². The van der Waals surface area contributed by atoms with Crippen molar-refractivity contribution in [3.63, 3.8) is 0 Å². The average Bonchev–Trinajstić information content (AvgIpc) is 2.30. The number of hydrogen-bond donors (Lipinski definition) is 0. The Morgan fingerprint density at radius 1 is 1.29 bits per heavy atom. The van der Waals surface area contributed by atoms with Crippen molar-refractivity contribution in [2.24, 2.45) is 16.7 Å². The standard InChI is InChI=1S/C11H17NS2/c1-10(2)7-5-6-11(10,3)9(14)12(4)8(7)13/h7H,5-6H2,1-4H3. The van der Waals surface area contributed by atoms with Crippen LogP contribution in [0.2, 0.25) is 0 Å². The van der Waals surface area contributed by atoms with Crippen LogP contribution in [-0.2, 0) is 0 Å². The molecular weight excluding hydrogens is 210 g/mol. The van der Waals surface area contributed by atoms with Crippen molar-refractivity contribution in [3.05, 3.63) is 0 Å². The molecule has 1 saturated carbocycles. The zero-order valence-electron chi connectivity index (χ0n) is 9.26. The number of fused-ring (bicyclic) bond motifs is 2. The molecule has 0 aromatic rings. The Morgan fingerprint density at radius 2 is 1.86 bits per heavy atom. The van der Waals surface area contributed by atoms with Crippen molar-refractivity contribution in [2.45, 2.75) is 33.6 Å². The molecule has 0 amide bonds. The largest absolute Gasteiger partial charge is 0.333 e. The molecule has 0 N–H and O–H groups in total. The van der Waals surface area contributed by atoms with Gasteiger partial charge in [0.25, 0.3) is 0 Å². The minimum Gasteiger partial charge on any atom is -0.333 e. The van der Waals surface area contributed by atoms with Gasteiger partial charge in [-0.1, -0.05) is 45.2 Å². The molecule has 1 aliphatic carbocycles. The fourth-order valence-corrected chi connectivity index (χ4v) is 4.04. The first-order chi connectivity index (χ1) is 6.32. The summed E-state index contributed by atoms with van der Waals surface area (Å²) in [5, 5.41) is 0. The molecule has 1 aliphatic heterocycles. The molecule has 1 nitrogen and oxygen atoms in total. The molecule has 0 aromatic carbocycles. The molecular formula is C11H17NS2. The lowest BCUT2D eigenvalue weighted by molar-refractivity contribution is 0.162. The Morgan fingerprint density at radius 3 is 2.43 bits per heavy atom. The summed E-state index contributed by atoms with van der Waals surface area (Å²) in [5.74, 6) is 0.541. The molecule has 1 saturated heterocycles. The summed E-state index contributed by atoms with van der Waals surface area (Å²) in [6, 6.07) is 0. The summed E-state index contributed by atoms with van der Waals surface area (Å²) in [6.07, 6.45) is 2.39. The molecule has 2 aliphatic rings. The predicted octanol–water partition coefficient (Wildman–Crippen LogP) is 3.03. The van der Waals surface area contributed by atoms with E-state index in [0.29, 0.717) is 5.92 Å².